The normalized spacial score (nSPS) is 80.6. The predicted octanol–water partition coefficient (Wildman–Crippen LogP) is 2.79. The fourth-order valence-corrected chi connectivity index (χ4v) is 11.0. The molecule has 8 unspecified atom stereocenters. The fourth-order valence-electron chi connectivity index (χ4n) is 11.0. The monoisotopic (exact) mass is 313 g/mol. The van der Waals surface area contributed by atoms with Gasteiger partial charge < -0.3 is 9.47 Å². The second kappa shape index (κ2) is 2.95. The molecule has 0 radical (unpaired) electrons. The van der Waals surface area contributed by atoms with Crippen LogP contribution in [0.1, 0.15) is 52.4 Å². The molecule has 10 rings (SSSR count). The highest BCUT2D eigenvalue weighted by atomic mass is 16.7. The SMILES string of the molecule is CC12CCCC34C5C6C7C[C@]8(C)C[C@@]6(C[C@H]([C@H]13)N5C2)C4C(O7)O8. The number of nitrogens with zero attached hydrogens (tertiary/aromatic N) is 1. The summed E-state index contributed by atoms with van der Waals surface area (Å²) in [6.07, 6.45) is 9.03. The first-order valence-corrected chi connectivity index (χ1v) is 10.1. The van der Waals surface area contributed by atoms with Gasteiger partial charge in [-0.25, -0.2) is 0 Å². The summed E-state index contributed by atoms with van der Waals surface area (Å²) in [4.78, 5) is 3.03. The molecule has 4 aliphatic carbocycles. The Morgan fingerprint density at radius 2 is 2.00 bits per heavy atom. The van der Waals surface area contributed by atoms with Crippen molar-refractivity contribution in [1.82, 2.24) is 4.90 Å². The van der Waals surface area contributed by atoms with Crippen LogP contribution in [0.2, 0.25) is 0 Å². The molecular formula is C20H27NO2. The molecule has 0 aromatic carbocycles. The summed E-state index contributed by atoms with van der Waals surface area (Å²) < 4.78 is 13.2. The summed E-state index contributed by atoms with van der Waals surface area (Å²) in [5, 5.41) is 0. The van der Waals surface area contributed by atoms with Crippen LogP contribution in [0.25, 0.3) is 0 Å². The lowest BCUT2D eigenvalue weighted by Gasteiger charge is -2.69. The van der Waals surface area contributed by atoms with Crippen LogP contribution >= 0.6 is 0 Å². The molecule has 2 spiro atoms. The lowest BCUT2D eigenvalue weighted by atomic mass is 9.43. The van der Waals surface area contributed by atoms with Gasteiger partial charge in [-0.2, -0.15) is 0 Å². The van der Waals surface area contributed by atoms with Gasteiger partial charge in [-0.3, -0.25) is 4.90 Å². The van der Waals surface area contributed by atoms with Crippen molar-refractivity contribution in [3.8, 4) is 0 Å². The van der Waals surface area contributed by atoms with Crippen LogP contribution in [0.5, 0.6) is 0 Å². The molecule has 0 aromatic rings. The Labute approximate surface area is 138 Å². The third-order valence-electron chi connectivity index (χ3n) is 10.5. The molecule has 6 aliphatic heterocycles. The van der Waals surface area contributed by atoms with Crippen LogP contribution in [-0.4, -0.2) is 41.5 Å². The van der Waals surface area contributed by atoms with Crippen LogP contribution in [0.4, 0.5) is 0 Å². The Kier molecular flexibility index (Phi) is 1.57. The number of hydrogen-bond acceptors (Lipinski definition) is 3. The zero-order valence-electron chi connectivity index (χ0n) is 14.3. The molecule has 12 atom stereocenters. The van der Waals surface area contributed by atoms with E-state index in [9.17, 15) is 0 Å². The van der Waals surface area contributed by atoms with Gasteiger partial charge in [0.05, 0.1) is 11.7 Å². The number of hydrogen-bond donors (Lipinski definition) is 0. The average molecular weight is 313 g/mol. The first-order valence-electron chi connectivity index (χ1n) is 10.1. The molecule has 6 heterocycles. The zero-order valence-corrected chi connectivity index (χ0v) is 14.3. The molecule has 10 aliphatic rings. The first-order chi connectivity index (χ1) is 11.0. The summed E-state index contributed by atoms with van der Waals surface area (Å²) >= 11 is 0. The maximum atomic E-state index is 6.62. The maximum absolute atomic E-state index is 6.62. The van der Waals surface area contributed by atoms with Gasteiger partial charge in [0.15, 0.2) is 6.29 Å². The number of rotatable bonds is 0. The standard InChI is InChI=1S/C20H27NO2/c1-17-4-3-5-20-13(17)10-6-19-8-18(2)7-11(22-16(23-18)14(19)20)12(19)15(20)21(10)9-17/h10-16H,3-9H2,1-2H3/t10-,11?,12?,13-,14?,15?,16?,17?,18-,19-,20?/m1/s1. The van der Waals surface area contributed by atoms with Crippen molar-refractivity contribution in [2.45, 2.75) is 82.5 Å². The van der Waals surface area contributed by atoms with Crippen LogP contribution < -0.4 is 0 Å². The lowest BCUT2D eigenvalue weighted by Crippen LogP contribution is -2.72. The van der Waals surface area contributed by atoms with Crippen molar-refractivity contribution >= 4 is 0 Å². The highest BCUT2D eigenvalue weighted by Crippen LogP contribution is 2.87. The lowest BCUT2D eigenvalue weighted by molar-refractivity contribution is -0.406. The van der Waals surface area contributed by atoms with E-state index in [-0.39, 0.29) is 11.9 Å². The number of piperidine rings is 2. The Morgan fingerprint density at radius 3 is 2.91 bits per heavy atom. The minimum absolute atomic E-state index is 0.127. The molecule has 0 amide bonds. The first kappa shape index (κ1) is 12.3. The van der Waals surface area contributed by atoms with Gasteiger partial charge in [-0.05, 0) is 54.8 Å². The minimum atomic E-state index is 0.127. The molecule has 23 heavy (non-hydrogen) atoms. The van der Waals surface area contributed by atoms with Crippen molar-refractivity contribution in [2.75, 3.05) is 6.54 Å². The van der Waals surface area contributed by atoms with Gasteiger partial charge in [-0.1, -0.05) is 13.3 Å². The predicted molar refractivity (Wildman–Crippen MR) is 83.6 cm³/mol. The molecule has 0 aromatic heterocycles. The number of ether oxygens (including phenoxy) is 2. The van der Waals surface area contributed by atoms with E-state index in [1.54, 1.807) is 0 Å². The Morgan fingerprint density at radius 1 is 1.09 bits per heavy atom. The Bertz CT molecular complexity index is 681. The molecule has 4 saturated carbocycles. The molecule has 3 heteroatoms. The second-order valence-corrected chi connectivity index (χ2v) is 11.2. The molecule has 124 valence electrons. The summed E-state index contributed by atoms with van der Waals surface area (Å²) in [5.74, 6) is 2.51. The van der Waals surface area contributed by atoms with Gasteiger partial charge in [0.25, 0.3) is 0 Å². The van der Waals surface area contributed by atoms with E-state index in [1.165, 1.54) is 38.6 Å². The van der Waals surface area contributed by atoms with Crippen molar-refractivity contribution in [3.63, 3.8) is 0 Å². The summed E-state index contributed by atoms with van der Waals surface area (Å²) in [6, 6.07) is 1.77. The molecule has 0 N–H and O–H groups in total. The van der Waals surface area contributed by atoms with E-state index in [1.807, 2.05) is 0 Å². The summed E-state index contributed by atoms with van der Waals surface area (Å²) in [6.45, 7) is 6.41. The van der Waals surface area contributed by atoms with E-state index >= 15 is 0 Å². The minimum Gasteiger partial charge on any atom is -0.349 e. The Hall–Kier alpha value is -0.120. The van der Waals surface area contributed by atoms with Gasteiger partial charge in [0, 0.05) is 36.9 Å². The van der Waals surface area contributed by atoms with E-state index in [0.29, 0.717) is 22.3 Å². The average Bonchev–Trinajstić information content (AvgIpc) is 2.88. The van der Waals surface area contributed by atoms with Gasteiger partial charge >= 0.3 is 0 Å². The maximum Gasteiger partial charge on any atom is 0.162 e. The van der Waals surface area contributed by atoms with Gasteiger partial charge in [-0.15, -0.1) is 0 Å². The Balaban J connectivity index is 1.45. The quantitative estimate of drug-likeness (QED) is 0.686. The molecule has 3 nitrogen and oxygen atoms in total. The topological polar surface area (TPSA) is 21.7 Å². The van der Waals surface area contributed by atoms with Crippen LogP contribution in [0.15, 0.2) is 0 Å². The molecule has 10 fully saturated rings. The van der Waals surface area contributed by atoms with Gasteiger partial charge in [0.2, 0.25) is 0 Å². The third-order valence-corrected chi connectivity index (χ3v) is 10.5. The van der Waals surface area contributed by atoms with Crippen molar-refractivity contribution < 1.29 is 9.47 Å². The molecule has 11 bridgehead atoms. The van der Waals surface area contributed by atoms with Crippen molar-refractivity contribution in [1.29, 1.82) is 0 Å². The van der Waals surface area contributed by atoms with Crippen LogP contribution in [0.3, 0.4) is 0 Å². The second-order valence-electron chi connectivity index (χ2n) is 11.2. The molecule has 6 saturated heterocycles. The van der Waals surface area contributed by atoms with Crippen LogP contribution in [0, 0.1) is 34.0 Å². The van der Waals surface area contributed by atoms with E-state index in [2.05, 4.69) is 18.7 Å². The fraction of sp³-hybridized carbons (Fsp3) is 1.00. The molecular weight excluding hydrogens is 286 g/mol. The van der Waals surface area contributed by atoms with E-state index in [0.717, 1.165) is 36.3 Å². The third kappa shape index (κ3) is 0.903. The highest BCUT2D eigenvalue weighted by molar-refractivity contribution is 5.39. The zero-order chi connectivity index (χ0) is 15.0. The summed E-state index contributed by atoms with van der Waals surface area (Å²) in [7, 11) is 0. The summed E-state index contributed by atoms with van der Waals surface area (Å²) in [5.41, 5.74) is 1.87. The highest BCUT2D eigenvalue weighted by Gasteiger charge is 2.90. The smallest absolute Gasteiger partial charge is 0.162 e. The van der Waals surface area contributed by atoms with Crippen molar-refractivity contribution in [2.24, 2.45) is 34.0 Å². The van der Waals surface area contributed by atoms with Crippen molar-refractivity contribution in [3.05, 3.63) is 0 Å². The van der Waals surface area contributed by atoms with Crippen LogP contribution in [-0.2, 0) is 9.47 Å². The largest absolute Gasteiger partial charge is 0.349 e. The van der Waals surface area contributed by atoms with Gasteiger partial charge in [0.1, 0.15) is 0 Å². The van der Waals surface area contributed by atoms with E-state index in [4.69, 9.17) is 9.47 Å². The van der Waals surface area contributed by atoms with E-state index < -0.39 is 0 Å².